The third kappa shape index (κ3) is 38.3. The molecule has 0 aromatic rings. The number of hydrogen-bond acceptors (Lipinski definition) is 14. The minimum absolute atomic E-state index is 0.0461. The first-order valence-electron chi connectivity index (χ1n) is 31.5. The molecule has 81 heavy (non-hydrogen) atoms. The van der Waals surface area contributed by atoms with E-state index < -0.39 is 86.7 Å². The largest absolute Gasteiger partial charge is 0.457 e. The molecule has 2 heterocycles. The molecule has 0 spiro atoms. The Hall–Kier alpha value is -3.35. The van der Waals surface area contributed by atoms with Gasteiger partial charge in [-0.2, -0.15) is 0 Å². The van der Waals surface area contributed by atoms with Crippen LogP contribution in [0.15, 0.2) is 109 Å². The van der Waals surface area contributed by atoms with Gasteiger partial charge in [0.05, 0.1) is 26.4 Å². The maximum atomic E-state index is 13.1. The molecule has 2 fully saturated rings. The topological polar surface area (TPSA) is 214 Å². The molecule has 2 aliphatic heterocycles. The molecule has 2 rings (SSSR count). The van der Waals surface area contributed by atoms with Crippen LogP contribution in [0.5, 0.6) is 0 Å². The van der Waals surface area contributed by atoms with E-state index in [2.05, 4.69) is 123 Å². The zero-order valence-corrected chi connectivity index (χ0v) is 50.0. The molecule has 0 radical (unpaired) electrons. The highest BCUT2D eigenvalue weighted by Crippen LogP contribution is 2.27. The smallest absolute Gasteiger partial charge is 0.306 e. The van der Waals surface area contributed by atoms with E-state index in [1.807, 2.05) is 0 Å². The van der Waals surface area contributed by atoms with Crippen molar-refractivity contribution in [2.24, 2.45) is 0 Å². The van der Waals surface area contributed by atoms with E-state index in [1.54, 1.807) is 0 Å². The van der Waals surface area contributed by atoms with Crippen LogP contribution < -0.4 is 0 Å². The molecule has 0 bridgehead atoms. The molecule has 7 N–H and O–H groups in total. The van der Waals surface area contributed by atoms with Gasteiger partial charge >= 0.3 is 5.97 Å². The molecule has 2 saturated heterocycles. The van der Waals surface area contributed by atoms with E-state index >= 15 is 0 Å². The molecule has 2 aliphatic rings. The summed E-state index contributed by atoms with van der Waals surface area (Å²) in [5.41, 5.74) is 0. The third-order valence-electron chi connectivity index (χ3n) is 14.3. The van der Waals surface area contributed by atoms with Gasteiger partial charge in [-0.25, -0.2) is 0 Å². The molecule has 0 amide bonds. The molecule has 14 heteroatoms. The molecule has 0 aliphatic carbocycles. The molecular weight excluding hydrogens is 1030 g/mol. The van der Waals surface area contributed by atoms with E-state index in [9.17, 15) is 40.5 Å². The predicted octanol–water partition coefficient (Wildman–Crippen LogP) is 12.3. The standard InChI is InChI=1S/C67H112O14/c1-3-5-7-9-11-13-15-17-19-21-23-25-26-27-28-29-31-33-35-37-39-41-43-45-47-49-51-76-53-56(54-77-66-65(75)63(73)61(71)58(81-66)55-78-67-64(74)62(72)60(70)57(52-68)80-67)79-59(69)50-48-46-44-42-40-38-36-34-32-30-24-22-20-18-16-14-12-10-8-6-4-2/h5-8,11-14,17-20,23-25,30,34,36,56-58,60-68,70-75H,3-4,9-10,15-16,21-22,26-29,31-33,35,37-55H2,1-2H3/b7-5-,8-6-,13-11-,14-12-,19-17-,20-18-,25-23-,30-24-,36-34-. The fourth-order valence-corrected chi connectivity index (χ4v) is 9.30. The number of esters is 1. The Morgan fingerprint density at radius 1 is 0.407 bits per heavy atom. The second kappa shape index (κ2) is 52.2. The molecule has 464 valence electrons. The van der Waals surface area contributed by atoms with Crippen molar-refractivity contribution >= 4 is 5.97 Å². The Morgan fingerprint density at radius 2 is 0.765 bits per heavy atom. The van der Waals surface area contributed by atoms with Gasteiger partial charge < -0.3 is 64.2 Å². The quantitative estimate of drug-likeness (QED) is 0.0172. The van der Waals surface area contributed by atoms with Crippen molar-refractivity contribution in [1.82, 2.24) is 0 Å². The third-order valence-corrected chi connectivity index (χ3v) is 14.3. The second-order valence-electron chi connectivity index (χ2n) is 21.5. The summed E-state index contributed by atoms with van der Waals surface area (Å²) >= 11 is 0. The van der Waals surface area contributed by atoms with Gasteiger partial charge in [-0.3, -0.25) is 4.79 Å². The van der Waals surface area contributed by atoms with E-state index in [0.29, 0.717) is 13.0 Å². The maximum Gasteiger partial charge on any atom is 0.306 e. The first-order valence-corrected chi connectivity index (χ1v) is 31.5. The van der Waals surface area contributed by atoms with Crippen molar-refractivity contribution < 1.29 is 69.0 Å². The Balaban J connectivity index is 1.69. The number of hydrogen-bond donors (Lipinski definition) is 7. The van der Waals surface area contributed by atoms with Crippen LogP contribution in [0.3, 0.4) is 0 Å². The Bertz CT molecular complexity index is 1750. The predicted molar refractivity (Wildman–Crippen MR) is 325 cm³/mol. The van der Waals surface area contributed by atoms with Crippen LogP contribution in [0.1, 0.15) is 206 Å². The summed E-state index contributed by atoms with van der Waals surface area (Å²) in [6.45, 7) is 3.43. The van der Waals surface area contributed by atoms with E-state index in [4.69, 9.17) is 28.4 Å². The average molecular weight is 1140 g/mol. The van der Waals surface area contributed by atoms with Crippen LogP contribution in [0, 0.1) is 0 Å². The van der Waals surface area contributed by atoms with Gasteiger partial charge in [-0.05, 0) is 96.3 Å². The summed E-state index contributed by atoms with van der Waals surface area (Å²) in [4.78, 5) is 13.1. The highest BCUT2D eigenvalue weighted by Gasteiger charge is 2.47. The van der Waals surface area contributed by atoms with Crippen molar-refractivity contribution in [2.75, 3.05) is 33.0 Å². The Morgan fingerprint density at radius 3 is 1.20 bits per heavy atom. The lowest BCUT2D eigenvalue weighted by Crippen LogP contribution is -2.61. The summed E-state index contributed by atoms with van der Waals surface area (Å²) in [7, 11) is 0. The van der Waals surface area contributed by atoms with Gasteiger partial charge in [0.2, 0.25) is 0 Å². The number of allylic oxidation sites excluding steroid dienone is 18. The number of carbonyl (C=O) groups is 1. The van der Waals surface area contributed by atoms with Crippen LogP contribution in [0.2, 0.25) is 0 Å². The highest BCUT2D eigenvalue weighted by atomic mass is 16.7. The average Bonchev–Trinajstić information content (AvgIpc) is 3.46. The Labute approximate surface area is 489 Å². The first kappa shape index (κ1) is 73.8. The number of rotatable bonds is 50. The van der Waals surface area contributed by atoms with Crippen molar-refractivity contribution in [1.29, 1.82) is 0 Å². The lowest BCUT2D eigenvalue weighted by molar-refractivity contribution is -0.332. The second-order valence-corrected chi connectivity index (χ2v) is 21.5. The van der Waals surface area contributed by atoms with Gasteiger partial charge in [0.1, 0.15) is 54.9 Å². The van der Waals surface area contributed by atoms with E-state index in [0.717, 1.165) is 109 Å². The van der Waals surface area contributed by atoms with Crippen LogP contribution in [-0.4, -0.2) is 142 Å². The zero-order chi connectivity index (χ0) is 58.6. The van der Waals surface area contributed by atoms with Gasteiger partial charge in [-0.1, -0.05) is 213 Å². The van der Waals surface area contributed by atoms with Crippen LogP contribution in [0.25, 0.3) is 0 Å². The van der Waals surface area contributed by atoms with E-state index in [1.165, 1.54) is 70.6 Å². The summed E-state index contributed by atoms with van der Waals surface area (Å²) in [6, 6.07) is 0. The number of aliphatic hydroxyl groups excluding tert-OH is 7. The van der Waals surface area contributed by atoms with Crippen molar-refractivity contribution in [3.05, 3.63) is 109 Å². The van der Waals surface area contributed by atoms with Gasteiger partial charge in [-0.15, -0.1) is 0 Å². The first-order chi connectivity index (χ1) is 39.6. The van der Waals surface area contributed by atoms with Crippen LogP contribution >= 0.6 is 0 Å². The number of unbranched alkanes of at least 4 members (excludes halogenated alkanes) is 18. The summed E-state index contributed by atoms with van der Waals surface area (Å²) in [6.07, 6.45) is 55.7. The Kier molecular flexibility index (Phi) is 47.5. The van der Waals surface area contributed by atoms with Gasteiger partial charge in [0.25, 0.3) is 0 Å². The zero-order valence-electron chi connectivity index (χ0n) is 50.0. The fourth-order valence-electron chi connectivity index (χ4n) is 9.30. The number of ether oxygens (including phenoxy) is 6. The molecule has 11 atom stereocenters. The highest BCUT2D eigenvalue weighted by molar-refractivity contribution is 5.69. The van der Waals surface area contributed by atoms with Crippen molar-refractivity contribution in [3.8, 4) is 0 Å². The summed E-state index contributed by atoms with van der Waals surface area (Å²) < 4.78 is 34.4. The van der Waals surface area contributed by atoms with Gasteiger partial charge in [0, 0.05) is 13.0 Å². The molecule has 0 aromatic carbocycles. The van der Waals surface area contributed by atoms with Gasteiger partial charge in [0.15, 0.2) is 12.6 Å². The lowest BCUT2D eigenvalue weighted by Gasteiger charge is -2.42. The molecule has 0 saturated carbocycles. The molecular formula is C67H112O14. The summed E-state index contributed by atoms with van der Waals surface area (Å²) in [5, 5.41) is 72.5. The minimum atomic E-state index is -1.72. The van der Waals surface area contributed by atoms with Crippen molar-refractivity contribution in [3.63, 3.8) is 0 Å². The monoisotopic (exact) mass is 1140 g/mol. The summed E-state index contributed by atoms with van der Waals surface area (Å²) in [5.74, 6) is -0.397. The molecule has 0 aromatic heterocycles. The lowest BCUT2D eigenvalue weighted by atomic mass is 9.98. The number of carbonyl (C=O) groups excluding carboxylic acids is 1. The maximum absolute atomic E-state index is 13.1. The SMILES string of the molecule is CC/C=C\C/C=C\C/C=C\C/C=C\C/C=C\CCCCCCCC(=O)OC(COCCCCCCCCCCCCCCC/C=C\C/C=C\C/C=C\C/C=C\CC)COC1OC(COC2OC(CO)C(O)C(O)C2O)C(O)C(O)C1O. The fraction of sp³-hybridized carbons (Fsp3) is 0.716. The van der Waals surface area contributed by atoms with Crippen LogP contribution in [0.4, 0.5) is 0 Å². The molecule has 11 unspecified atom stereocenters. The van der Waals surface area contributed by atoms with Crippen molar-refractivity contribution in [2.45, 2.75) is 274 Å². The minimum Gasteiger partial charge on any atom is -0.457 e. The normalized spacial score (nSPS) is 24.5. The van der Waals surface area contributed by atoms with E-state index in [-0.39, 0.29) is 19.6 Å². The number of aliphatic hydroxyl groups is 7. The van der Waals surface area contributed by atoms with Crippen LogP contribution in [-0.2, 0) is 33.2 Å². The molecule has 14 nitrogen and oxygen atoms in total.